The van der Waals surface area contributed by atoms with Crippen molar-refractivity contribution in [3.05, 3.63) is 66.0 Å². The van der Waals surface area contributed by atoms with Crippen molar-refractivity contribution in [1.82, 2.24) is 24.8 Å². The highest BCUT2D eigenvalue weighted by Crippen LogP contribution is 2.47. The maximum atomic E-state index is 13.7. The van der Waals surface area contributed by atoms with Crippen molar-refractivity contribution >= 4 is 11.7 Å². The first kappa shape index (κ1) is 22.2. The third kappa shape index (κ3) is 4.57. The van der Waals surface area contributed by atoms with Crippen LogP contribution in [0.2, 0.25) is 0 Å². The van der Waals surface area contributed by atoms with Crippen LogP contribution in [0.5, 0.6) is 0 Å². The van der Waals surface area contributed by atoms with Gasteiger partial charge in [-0.1, -0.05) is 0 Å². The van der Waals surface area contributed by atoms with Gasteiger partial charge in [-0.15, -0.1) is 0 Å². The molecule has 1 aliphatic heterocycles. The normalized spacial score (nSPS) is 21.6. The number of amides is 1. The summed E-state index contributed by atoms with van der Waals surface area (Å²) in [5.41, 5.74) is 1.45. The number of piperidine rings is 1. The van der Waals surface area contributed by atoms with Gasteiger partial charge in [0.05, 0.1) is 17.5 Å². The van der Waals surface area contributed by atoms with Crippen LogP contribution in [0.15, 0.2) is 49.1 Å². The molecule has 3 aromatic heterocycles. The summed E-state index contributed by atoms with van der Waals surface area (Å²) in [4.78, 5) is 32.5. The highest BCUT2D eigenvalue weighted by molar-refractivity contribution is 5.99. The van der Waals surface area contributed by atoms with Crippen molar-refractivity contribution in [3.8, 4) is 11.3 Å². The molecule has 3 atom stereocenters. The third-order valence-corrected chi connectivity index (χ3v) is 6.46. The molecule has 176 valence electrons. The van der Waals surface area contributed by atoms with Gasteiger partial charge in [-0.2, -0.15) is 13.2 Å². The average molecular weight is 468 g/mol. The third-order valence-electron chi connectivity index (χ3n) is 6.46. The Labute approximate surface area is 194 Å². The minimum atomic E-state index is -4.43. The molecule has 0 spiro atoms. The second-order valence-electron chi connectivity index (χ2n) is 8.85. The van der Waals surface area contributed by atoms with Crippen LogP contribution in [0.4, 0.5) is 19.0 Å². The number of fused-ring (bicyclic) bond motifs is 1. The van der Waals surface area contributed by atoms with E-state index in [4.69, 9.17) is 0 Å². The van der Waals surface area contributed by atoms with E-state index in [1.807, 2.05) is 24.0 Å². The van der Waals surface area contributed by atoms with E-state index in [0.29, 0.717) is 47.7 Å². The van der Waals surface area contributed by atoms with E-state index < -0.39 is 11.7 Å². The van der Waals surface area contributed by atoms with Gasteiger partial charge in [-0.05, 0) is 55.9 Å². The number of nitrogens with zero attached hydrogens (tertiary/aromatic N) is 5. The van der Waals surface area contributed by atoms with Gasteiger partial charge in [-0.25, -0.2) is 9.97 Å². The fourth-order valence-corrected chi connectivity index (χ4v) is 4.53. The molecule has 1 amide bonds. The van der Waals surface area contributed by atoms with E-state index in [1.54, 1.807) is 18.6 Å². The first-order chi connectivity index (χ1) is 16.3. The van der Waals surface area contributed by atoms with Gasteiger partial charge in [0.2, 0.25) is 0 Å². The number of pyridine rings is 2. The number of alkyl halides is 3. The molecule has 1 saturated heterocycles. The smallest absolute Gasteiger partial charge is 0.368 e. The summed E-state index contributed by atoms with van der Waals surface area (Å²) in [7, 11) is 0. The van der Waals surface area contributed by atoms with Crippen LogP contribution in [0, 0.1) is 18.8 Å². The van der Waals surface area contributed by atoms with Gasteiger partial charge in [0.15, 0.2) is 0 Å². The molecule has 0 aromatic carbocycles. The second-order valence-corrected chi connectivity index (χ2v) is 8.85. The monoisotopic (exact) mass is 468 g/mol. The lowest BCUT2D eigenvalue weighted by atomic mass is 10.00. The molecule has 4 heterocycles. The van der Waals surface area contributed by atoms with E-state index in [2.05, 4.69) is 25.3 Å². The molecule has 1 N–H and O–H groups in total. The van der Waals surface area contributed by atoms with Gasteiger partial charge in [0.25, 0.3) is 5.91 Å². The summed E-state index contributed by atoms with van der Waals surface area (Å²) in [5, 5.41) is 3.11. The quantitative estimate of drug-likeness (QED) is 0.604. The number of aromatic nitrogens is 4. The fourth-order valence-electron chi connectivity index (χ4n) is 4.53. The Morgan fingerprint density at radius 3 is 2.65 bits per heavy atom. The molecular formula is C24H23F3N6O. The Kier molecular flexibility index (Phi) is 5.66. The maximum Gasteiger partial charge on any atom is 0.417 e. The average Bonchev–Trinajstić information content (AvgIpc) is 3.60. The molecular weight excluding hydrogens is 445 g/mol. The highest BCUT2D eigenvalue weighted by Gasteiger charge is 2.47. The topological polar surface area (TPSA) is 83.9 Å². The molecule has 1 saturated carbocycles. The first-order valence-corrected chi connectivity index (χ1v) is 11.1. The Morgan fingerprint density at radius 2 is 1.94 bits per heavy atom. The SMILES string of the molecule is Cc1ccc(-c2cnccn2)c(C(=O)N2C[C@@H]3C[C@@H]3C[C@H]2CNc2ccc(C(F)(F)F)cn2)n1. The number of likely N-dealkylation sites (tertiary alicyclic amines) is 1. The van der Waals surface area contributed by atoms with Crippen molar-refractivity contribution < 1.29 is 18.0 Å². The second kappa shape index (κ2) is 8.66. The largest absolute Gasteiger partial charge is 0.417 e. The van der Waals surface area contributed by atoms with Crippen LogP contribution in [0.25, 0.3) is 11.3 Å². The van der Waals surface area contributed by atoms with Crippen LogP contribution in [-0.4, -0.2) is 49.9 Å². The number of carbonyl (C=O) groups excluding carboxylic acids is 1. The van der Waals surface area contributed by atoms with E-state index in [9.17, 15) is 18.0 Å². The van der Waals surface area contributed by atoms with Crippen molar-refractivity contribution in [2.24, 2.45) is 11.8 Å². The number of hydrogen-bond acceptors (Lipinski definition) is 6. The molecule has 7 nitrogen and oxygen atoms in total. The summed E-state index contributed by atoms with van der Waals surface area (Å²) in [6.07, 6.45) is 3.04. The summed E-state index contributed by atoms with van der Waals surface area (Å²) >= 11 is 0. The molecule has 34 heavy (non-hydrogen) atoms. The predicted octanol–water partition coefficient (Wildman–Crippen LogP) is 4.22. The summed E-state index contributed by atoms with van der Waals surface area (Å²) < 4.78 is 38.4. The van der Waals surface area contributed by atoms with Crippen LogP contribution >= 0.6 is 0 Å². The van der Waals surface area contributed by atoms with Gasteiger partial charge in [-0.3, -0.25) is 14.8 Å². The first-order valence-electron chi connectivity index (χ1n) is 11.1. The number of nitrogens with one attached hydrogen (secondary N) is 1. The van der Waals surface area contributed by atoms with E-state index in [0.717, 1.165) is 30.8 Å². The van der Waals surface area contributed by atoms with Crippen LogP contribution < -0.4 is 5.32 Å². The molecule has 1 aliphatic carbocycles. The zero-order valence-corrected chi connectivity index (χ0v) is 18.5. The minimum absolute atomic E-state index is 0.127. The molecule has 5 rings (SSSR count). The number of anilines is 1. The Bertz CT molecular complexity index is 1190. The molecule has 2 aliphatic rings. The van der Waals surface area contributed by atoms with Crippen molar-refractivity contribution in [2.45, 2.75) is 32.0 Å². The molecule has 0 radical (unpaired) electrons. The maximum absolute atomic E-state index is 13.7. The lowest BCUT2D eigenvalue weighted by Crippen LogP contribution is -2.48. The van der Waals surface area contributed by atoms with Crippen molar-refractivity contribution in [2.75, 3.05) is 18.4 Å². The predicted molar refractivity (Wildman–Crippen MR) is 119 cm³/mol. The van der Waals surface area contributed by atoms with Crippen LogP contribution in [0.3, 0.4) is 0 Å². The lowest BCUT2D eigenvalue weighted by Gasteiger charge is -2.36. The summed E-state index contributed by atoms with van der Waals surface area (Å²) in [6.45, 7) is 2.85. The van der Waals surface area contributed by atoms with Crippen LogP contribution in [0.1, 0.15) is 34.6 Å². The fraction of sp³-hybridized carbons (Fsp3) is 0.375. The van der Waals surface area contributed by atoms with Crippen molar-refractivity contribution in [3.63, 3.8) is 0 Å². The number of carbonyl (C=O) groups is 1. The zero-order valence-electron chi connectivity index (χ0n) is 18.5. The van der Waals surface area contributed by atoms with E-state index >= 15 is 0 Å². The molecule has 0 bridgehead atoms. The number of rotatable bonds is 5. The van der Waals surface area contributed by atoms with E-state index in [-0.39, 0.29) is 11.9 Å². The number of hydrogen-bond donors (Lipinski definition) is 1. The Balaban J connectivity index is 1.37. The van der Waals surface area contributed by atoms with Gasteiger partial charge in [0.1, 0.15) is 11.5 Å². The van der Waals surface area contributed by atoms with Gasteiger partial charge >= 0.3 is 6.18 Å². The Morgan fingerprint density at radius 1 is 1.09 bits per heavy atom. The van der Waals surface area contributed by atoms with Gasteiger partial charge < -0.3 is 10.2 Å². The highest BCUT2D eigenvalue weighted by atomic mass is 19.4. The Hall–Kier alpha value is -3.56. The zero-order chi connectivity index (χ0) is 23.9. The molecule has 10 heteroatoms. The van der Waals surface area contributed by atoms with Crippen LogP contribution in [-0.2, 0) is 6.18 Å². The molecule has 0 unspecified atom stereocenters. The molecule has 3 aromatic rings. The van der Waals surface area contributed by atoms with Gasteiger partial charge in [0, 0.05) is 49.0 Å². The number of halogens is 3. The minimum Gasteiger partial charge on any atom is -0.368 e. The lowest BCUT2D eigenvalue weighted by molar-refractivity contribution is -0.137. The standard InChI is InChI=1S/C24H23F3N6O/c1-14-2-4-19(20-12-28-6-7-29-20)22(32-14)23(34)33-13-16-8-15(16)9-18(33)11-31-21-5-3-17(10-30-21)24(25,26)27/h2-7,10,12,15-16,18H,8-9,11,13H2,1H3,(H,30,31)/t15-,16+,18+/m1/s1. The van der Waals surface area contributed by atoms with Crippen molar-refractivity contribution in [1.29, 1.82) is 0 Å². The molecule has 2 fully saturated rings. The summed E-state index contributed by atoms with van der Waals surface area (Å²) in [5.74, 6) is 1.21. The number of aryl methyl sites for hydroxylation is 1. The van der Waals surface area contributed by atoms with E-state index in [1.165, 1.54) is 6.07 Å². The summed E-state index contributed by atoms with van der Waals surface area (Å²) in [6, 6.07) is 5.86.